The molecule has 0 N–H and O–H groups in total. The maximum Gasteiger partial charge on any atom is 0.461 e. The molecule has 0 radical (unpaired) electrons. The van der Waals surface area contributed by atoms with Crippen molar-refractivity contribution in [3.63, 3.8) is 0 Å². The molecule has 0 amide bonds. The third kappa shape index (κ3) is 1.96. The lowest BCUT2D eigenvalue weighted by molar-refractivity contribution is -0.401. The highest BCUT2D eigenvalue weighted by atomic mass is 79.9. The summed E-state index contributed by atoms with van der Waals surface area (Å²) in [4.78, 5) is 14.2. The van der Waals surface area contributed by atoms with Gasteiger partial charge in [-0.1, -0.05) is 28.1 Å². The summed E-state index contributed by atoms with van der Waals surface area (Å²) in [6.45, 7) is 1.58. The number of rotatable bonds is 2. The van der Waals surface area contributed by atoms with Crippen LogP contribution in [-0.4, -0.2) is 9.91 Å². The van der Waals surface area contributed by atoms with E-state index in [9.17, 15) is 10.1 Å². The number of nitro groups is 1. The molecule has 0 saturated heterocycles. The van der Waals surface area contributed by atoms with Crippen molar-refractivity contribution < 1.29 is 9.34 Å². The van der Waals surface area contributed by atoms with Crippen LogP contribution in [0.1, 0.15) is 5.89 Å². The Balaban J connectivity index is 2.55. The fourth-order valence-corrected chi connectivity index (χ4v) is 1.60. The molecule has 1 heterocycles. The van der Waals surface area contributed by atoms with Gasteiger partial charge in [0.05, 0.1) is 0 Å². The summed E-state index contributed by atoms with van der Waals surface area (Å²) in [5.74, 6) is -0.0376. The zero-order valence-electron chi connectivity index (χ0n) is 8.31. The predicted molar refractivity (Wildman–Crippen MR) is 61.0 cm³/mol. The van der Waals surface area contributed by atoms with Crippen LogP contribution in [0.15, 0.2) is 33.2 Å². The van der Waals surface area contributed by atoms with Crippen molar-refractivity contribution in [2.75, 3.05) is 0 Å². The Morgan fingerprint density at radius 1 is 1.38 bits per heavy atom. The molecule has 2 rings (SSSR count). The van der Waals surface area contributed by atoms with E-state index in [2.05, 4.69) is 20.9 Å². The van der Waals surface area contributed by atoms with E-state index in [4.69, 9.17) is 4.42 Å². The van der Waals surface area contributed by atoms with E-state index < -0.39 is 4.92 Å². The first-order chi connectivity index (χ1) is 7.58. The van der Waals surface area contributed by atoms with Crippen molar-refractivity contribution in [2.24, 2.45) is 0 Å². The number of benzene rings is 1. The van der Waals surface area contributed by atoms with Crippen LogP contribution in [-0.2, 0) is 0 Å². The van der Waals surface area contributed by atoms with Crippen molar-refractivity contribution in [3.05, 3.63) is 44.7 Å². The van der Waals surface area contributed by atoms with Gasteiger partial charge in [-0.25, -0.2) is 4.98 Å². The number of nitrogens with zero attached hydrogens (tertiary/aromatic N) is 2. The average Bonchev–Trinajstić information content (AvgIpc) is 2.61. The van der Waals surface area contributed by atoms with Crippen LogP contribution >= 0.6 is 15.9 Å². The Morgan fingerprint density at radius 3 is 2.56 bits per heavy atom. The monoisotopic (exact) mass is 282 g/mol. The third-order valence-corrected chi connectivity index (χ3v) is 2.53. The Bertz CT molecular complexity index is 533. The standard InChI is InChI=1S/C10H7BrN2O3/c1-6-12-9(10(16-6)13(14)15)7-2-4-8(11)5-3-7/h2-5H,1H3. The molecule has 0 aliphatic heterocycles. The van der Waals surface area contributed by atoms with Gasteiger partial charge in [0.2, 0.25) is 0 Å². The van der Waals surface area contributed by atoms with Gasteiger partial charge in [-0.3, -0.25) is 10.1 Å². The third-order valence-electron chi connectivity index (χ3n) is 2.00. The topological polar surface area (TPSA) is 69.2 Å². The van der Waals surface area contributed by atoms with Gasteiger partial charge in [0.1, 0.15) is 4.92 Å². The molecule has 6 heteroatoms. The average molecular weight is 283 g/mol. The van der Waals surface area contributed by atoms with E-state index in [1.165, 1.54) is 0 Å². The molecule has 1 aromatic heterocycles. The van der Waals surface area contributed by atoms with Gasteiger partial charge in [-0.05, 0) is 12.1 Å². The van der Waals surface area contributed by atoms with E-state index >= 15 is 0 Å². The van der Waals surface area contributed by atoms with Gasteiger partial charge in [0, 0.05) is 17.0 Å². The molecule has 16 heavy (non-hydrogen) atoms. The van der Waals surface area contributed by atoms with Crippen LogP contribution in [0.3, 0.4) is 0 Å². The molecule has 0 saturated carbocycles. The molecule has 0 aliphatic carbocycles. The van der Waals surface area contributed by atoms with Gasteiger partial charge in [0.15, 0.2) is 11.6 Å². The molecule has 0 unspecified atom stereocenters. The first kappa shape index (κ1) is 10.8. The van der Waals surface area contributed by atoms with Crippen LogP contribution in [0.25, 0.3) is 11.3 Å². The minimum absolute atomic E-state index is 0.259. The number of aryl methyl sites for hydroxylation is 1. The van der Waals surface area contributed by atoms with E-state index in [1.54, 1.807) is 31.2 Å². The largest absolute Gasteiger partial charge is 0.461 e. The van der Waals surface area contributed by atoms with Gasteiger partial charge < -0.3 is 4.42 Å². The van der Waals surface area contributed by atoms with Crippen LogP contribution in [0.2, 0.25) is 0 Å². The molecule has 82 valence electrons. The lowest BCUT2D eigenvalue weighted by Crippen LogP contribution is -1.88. The molecule has 0 bridgehead atoms. The molecular weight excluding hydrogens is 276 g/mol. The van der Waals surface area contributed by atoms with E-state index in [0.717, 1.165) is 4.47 Å². The van der Waals surface area contributed by atoms with Gasteiger partial charge >= 0.3 is 5.88 Å². The van der Waals surface area contributed by atoms with Crippen molar-refractivity contribution >= 4 is 21.8 Å². The van der Waals surface area contributed by atoms with E-state index in [-0.39, 0.29) is 17.5 Å². The smallest absolute Gasteiger partial charge is 0.385 e. The minimum Gasteiger partial charge on any atom is -0.385 e. The summed E-state index contributed by atoms with van der Waals surface area (Å²) in [7, 11) is 0. The summed E-state index contributed by atoms with van der Waals surface area (Å²) in [6.07, 6.45) is 0. The van der Waals surface area contributed by atoms with Crippen LogP contribution in [0.5, 0.6) is 0 Å². The van der Waals surface area contributed by atoms with Gasteiger partial charge in [0.25, 0.3) is 0 Å². The Hall–Kier alpha value is -1.69. The van der Waals surface area contributed by atoms with Crippen molar-refractivity contribution in [3.8, 4) is 11.3 Å². The summed E-state index contributed by atoms with van der Waals surface area (Å²) >= 11 is 3.29. The van der Waals surface area contributed by atoms with Gasteiger partial charge in [-0.2, -0.15) is 0 Å². The number of hydrogen-bond acceptors (Lipinski definition) is 4. The van der Waals surface area contributed by atoms with Crippen LogP contribution in [0, 0.1) is 17.0 Å². The summed E-state index contributed by atoms with van der Waals surface area (Å²) in [5, 5.41) is 10.7. The summed E-state index contributed by atoms with van der Waals surface area (Å²) in [5.41, 5.74) is 0.918. The summed E-state index contributed by atoms with van der Waals surface area (Å²) < 4.78 is 5.84. The van der Waals surface area contributed by atoms with Crippen LogP contribution < -0.4 is 0 Å². The molecule has 0 aliphatic rings. The molecule has 0 atom stereocenters. The van der Waals surface area contributed by atoms with E-state index in [1.807, 2.05) is 0 Å². The zero-order valence-corrected chi connectivity index (χ0v) is 9.89. The second-order valence-corrected chi connectivity index (χ2v) is 4.07. The number of aromatic nitrogens is 1. The molecule has 1 aromatic carbocycles. The first-order valence-corrected chi connectivity index (χ1v) is 5.25. The second-order valence-electron chi connectivity index (χ2n) is 3.15. The Labute approximate surface area is 99.4 Å². The lowest BCUT2D eigenvalue weighted by Gasteiger charge is -1.95. The zero-order chi connectivity index (χ0) is 11.7. The SMILES string of the molecule is Cc1nc(-c2ccc(Br)cc2)c([N+](=O)[O-])o1. The molecule has 5 nitrogen and oxygen atoms in total. The Kier molecular flexibility index (Phi) is 2.74. The van der Waals surface area contributed by atoms with Crippen molar-refractivity contribution in [1.82, 2.24) is 4.98 Å². The fourth-order valence-electron chi connectivity index (χ4n) is 1.34. The number of halogens is 1. The first-order valence-electron chi connectivity index (χ1n) is 4.45. The maximum absolute atomic E-state index is 10.7. The molecule has 0 spiro atoms. The molecule has 0 fully saturated rings. The normalized spacial score (nSPS) is 10.4. The predicted octanol–water partition coefficient (Wildman–Crippen LogP) is 3.32. The van der Waals surface area contributed by atoms with Gasteiger partial charge in [-0.15, -0.1) is 0 Å². The van der Waals surface area contributed by atoms with Crippen LogP contribution in [0.4, 0.5) is 5.88 Å². The fraction of sp³-hybridized carbons (Fsp3) is 0.100. The van der Waals surface area contributed by atoms with Crippen molar-refractivity contribution in [2.45, 2.75) is 6.92 Å². The highest BCUT2D eigenvalue weighted by Crippen LogP contribution is 2.30. The van der Waals surface area contributed by atoms with E-state index in [0.29, 0.717) is 5.56 Å². The summed E-state index contributed by atoms with van der Waals surface area (Å²) in [6, 6.07) is 7.08. The Morgan fingerprint density at radius 2 is 2.00 bits per heavy atom. The molecular formula is C10H7BrN2O3. The minimum atomic E-state index is -0.572. The number of oxazole rings is 1. The van der Waals surface area contributed by atoms with Crippen molar-refractivity contribution in [1.29, 1.82) is 0 Å². The lowest BCUT2D eigenvalue weighted by atomic mass is 10.2. The second kappa shape index (κ2) is 4.05. The highest BCUT2D eigenvalue weighted by Gasteiger charge is 2.23. The maximum atomic E-state index is 10.7. The number of hydrogen-bond donors (Lipinski definition) is 0. The highest BCUT2D eigenvalue weighted by molar-refractivity contribution is 9.10. The quantitative estimate of drug-likeness (QED) is 0.626. The molecule has 2 aromatic rings.